The molecule has 3 N–H and O–H groups in total. The van der Waals surface area contributed by atoms with Gasteiger partial charge in [0.15, 0.2) is 5.16 Å². The summed E-state index contributed by atoms with van der Waals surface area (Å²) < 4.78 is 1.75. The smallest absolute Gasteiger partial charge is 0.313 e. The van der Waals surface area contributed by atoms with Crippen molar-refractivity contribution >= 4 is 35.4 Å². The number of aromatic nitrogens is 3. The number of carboxylic acids is 1. The first-order valence-corrected chi connectivity index (χ1v) is 7.05. The zero-order valence-corrected chi connectivity index (χ0v) is 10.6. The van der Waals surface area contributed by atoms with Crippen molar-refractivity contribution < 1.29 is 9.90 Å². The highest BCUT2D eigenvalue weighted by molar-refractivity contribution is 7.99. The van der Waals surface area contributed by atoms with E-state index in [9.17, 15) is 4.79 Å². The molecule has 0 fully saturated rings. The molecule has 0 aromatic carbocycles. The zero-order chi connectivity index (χ0) is 12.0. The molecule has 0 bridgehead atoms. The number of hydrogen-bond acceptors (Lipinski definition) is 6. The molecule has 0 aliphatic heterocycles. The van der Waals surface area contributed by atoms with Crippen molar-refractivity contribution in [2.45, 2.75) is 18.1 Å². The number of rotatable bonds is 7. The van der Waals surface area contributed by atoms with Gasteiger partial charge in [0.1, 0.15) is 0 Å². The van der Waals surface area contributed by atoms with Gasteiger partial charge in [-0.05, 0) is 18.4 Å². The number of nitrogens with zero attached hydrogens (tertiary/aromatic N) is 3. The number of anilines is 1. The van der Waals surface area contributed by atoms with E-state index in [1.807, 2.05) is 6.26 Å². The lowest BCUT2D eigenvalue weighted by Gasteiger charge is -2.06. The lowest BCUT2D eigenvalue weighted by Crippen LogP contribution is -2.07. The molecule has 0 amide bonds. The molecule has 1 aromatic rings. The van der Waals surface area contributed by atoms with Gasteiger partial charge in [0.25, 0.3) is 0 Å². The van der Waals surface area contributed by atoms with Crippen LogP contribution in [0.15, 0.2) is 5.16 Å². The summed E-state index contributed by atoms with van der Waals surface area (Å²) in [5, 5.41) is 16.7. The van der Waals surface area contributed by atoms with Crippen molar-refractivity contribution in [2.24, 2.45) is 0 Å². The highest BCUT2D eigenvalue weighted by atomic mass is 32.2. The normalized spacial score (nSPS) is 10.6. The van der Waals surface area contributed by atoms with Gasteiger partial charge in [0.05, 0.1) is 5.75 Å². The highest BCUT2D eigenvalue weighted by Gasteiger charge is 2.11. The predicted molar refractivity (Wildman–Crippen MR) is 65.8 cm³/mol. The molecule has 8 heteroatoms. The van der Waals surface area contributed by atoms with Crippen LogP contribution in [0, 0.1) is 0 Å². The average molecular weight is 262 g/mol. The molecule has 0 spiro atoms. The Labute approximate surface area is 102 Å². The molecule has 0 saturated heterocycles. The van der Waals surface area contributed by atoms with Crippen molar-refractivity contribution in [3.05, 3.63) is 0 Å². The van der Waals surface area contributed by atoms with Gasteiger partial charge in [-0.15, -0.1) is 10.2 Å². The number of carboxylic acid groups (broad SMARTS) is 1. The monoisotopic (exact) mass is 262 g/mol. The van der Waals surface area contributed by atoms with Crippen molar-refractivity contribution in [1.82, 2.24) is 14.8 Å². The number of hydrogen-bond donors (Lipinski definition) is 2. The highest BCUT2D eigenvalue weighted by Crippen LogP contribution is 2.18. The van der Waals surface area contributed by atoms with E-state index in [0.29, 0.717) is 11.1 Å². The Bertz CT molecular complexity index is 356. The first-order chi connectivity index (χ1) is 7.65. The zero-order valence-electron chi connectivity index (χ0n) is 8.92. The van der Waals surface area contributed by atoms with Crippen molar-refractivity contribution in [3.8, 4) is 0 Å². The second-order valence-electron chi connectivity index (χ2n) is 3.02. The Morgan fingerprint density at radius 2 is 2.31 bits per heavy atom. The maximum atomic E-state index is 10.4. The van der Waals surface area contributed by atoms with Crippen molar-refractivity contribution in [2.75, 3.05) is 23.5 Å². The first-order valence-electron chi connectivity index (χ1n) is 4.67. The van der Waals surface area contributed by atoms with Gasteiger partial charge in [-0.25, -0.2) is 0 Å². The maximum absolute atomic E-state index is 10.4. The minimum absolute atomic E-state index is 0.0271. The van der Waals surface area contributed by atoms with E-state index >= 15 is 0 Å². The fourth-order valence-electron chi connectivity index (χ4n) is 1.11. The summed E-state index contributed by atoms with van der Waals surface area (Å²) in [4.78, 5) is 10.4. The Morgan fingerprint density at radius 1 is 1.56 bits per heavy atom. The standard InChI is InChI=1S/C8H14N4O2S2/c1-15-4-2-3-12-7(9)10-11-8(12)16-5-6(13)14/h2-5H2,1H3,(H2,9,10)(H,13,14). The second kappa shape index (κ2) is 6.64. The van der Waals surface area contributed by atoms with Crippen LogP contribution in [0.3, 0.4) is 0 Å². The Hall–Kier alpha value is -0.890. The van der Waals surface area contributed by atoms with Crippen LogP contribution in [-0.4, -0.2) is 43.6 Å². The van der Waals surface area contributed by atoms with Crippen LogP contribution in [0.2, 0.25) is 0 Å². The van der Waals surface area contributed by atoms with E-state index in [1.54, 1.807) is 16.3 Å². The van der Waals surface area contributed by atoms with Gasteiger partial charge in [-0.3, -0.25) is 9.36 Å². The van der Waals surface area contributed by atoms with Crippen LogP contribution in [0.5, 0.6) is 0 Å². The summed E-state index contributed by atoms with van der Waals surface area (Å²) in [5.41, 5.74) is 5.65. The van der Waals surface area contributed by atoms with Crippen LogP contribution in [0.4, 0.5) is 5.95 Å². The van der Waals surface area contributed by atoms with Crippen molar-refractivity contribution in [3.63, 3.8) is 0 Å². The van der Waals surface area contributed by atoms with Crippen LogP contribution in [-0.2, 0) is 11.3 Å². The van der Waals surface area contributed by atoms with E-state index in [0.717, 1.165) is 30.5 Å². The third kappa shape index (κ3) is 3.93. The Balaban J connectivity index is 2.58. The van der Waals surface area contributed by atoms with Crippen molar-refractivity contribution in [1.29, 1.82) is 0 Å². The maximum Gasteiger partial charge on any atom is 0.313 e. The van der Waals surface area contributed by atoms with Crippen LogP contribution >= 0.6 is 23.5 Å². The SMILES string of the molecule is CSCCCn1c(N)nnc1SCC(=O)O. The molecular formula is C8H14N4O2S2. The summed E-state index contributed by atoms with van der Waals surface area (Å²) in [5.74, 6) is 0.470. The molecule has 0 saturated carbocycles. The molecule has 0 atom stereocenters. The molecule has 6 nitrogen and oxygen atoms in total. The quantitative estimate of drug-likeness (QED) is 0.554. The molecule has 90 valence electrons. The van der Waals surface area contributed by atoms with Gasteiger partial charge >= 0.3 is 5.97 Å². The van der Waals surface area contributed by atoms with E-state index in [-0.39, 0.29) is 5.75 Å². The topological polar surface area (TPSA) is 94.0 Å². The van der Waals surface area contributed by atoms with Gasteiger partial charge < -0.3 is 10.8 Å². The van der Waals surface area contributed by atoms with Gasteiger partial charge in [0.2, 0.25) is 5.95 Å². The van der Waals surface area contributed by atoms with Crippen LogP contribution in [0.1, 0.15) is 6.42 Å². The summed E-state index contributed by atoms with van der Waals surface area (Å²) in [6.07, 6.45) is 3.00. The number of carbonyl (C=O) groups is 1. The van der Waals surface area contributed by atoms with Crippen LogP contribution < -0.4 is 5.73 Å². The number of nitrogens with two attached hydrogens (primary N) is 1. The molecule has 16 heavy (non-hydrogen) atoms. The summed E-state index contributed by atoms with van der Waals surface area (Å²) in [6.45, 7) is 0.724. The molecule has 0 radical (unpaired) electrons. The predicted octanol–water partition coefficient (Wildman–Crippen LogP) is 0.790. The van der Waals surface area contributed by atoms with Gasteiger partial charge in [-0.2, -0.15) is 11.8 Å². The third-order valence-electron chi connectivity index (χ3n) is 1.80. The summed E-state index contributed by atoms with van der Waals surface area (Å²) in [7, 11) is 0. The molecule has 1 aromatic heterocycles. The van der Waals surface area contributed by atoms with E-state index in [2.05, 4.69) is 10.2 Å². The molecular weight excluding hydrogens is 248 g/mol. The fourth-order valence-corrected chi connectivity index (χ4v) is 2.22. The molecule has 0 unspecified atom stereocenters. The molecule has 1 rings (SSSR count). The summed E-state index contributed by atoms with van der Waals surface area (Å²) >= 11 is 2.89. The number of nitrogen functional groups attached to an aromatic ring is 1. The molecule has 0 aliphatic rings. The number of thioether (sulfide) groups is 2. The second-order valence-corrected chi connectivity index (χ2v) is 4.95. The Kier molecular flexibility index (Phi) is 5.47. The molecule has 1 heterocycles. The fraction of sp³-hybridized carbons (Fsp3) is 0.625. The van der Waals surface area contributed by atoms with Crippen LogP contribution in [0.25, 0.3) is 0 Å². The van der Waals surface area contributed by atoms with E-state index < -0.39 is 5.97 Å². The third-order valence-corrected chi connectivity index (χ3v) is 3.45. The summed E-state index contributed by atoms with van der Waals surface area (Å²) in [6, 6.07) is 0. The lowest BCUT2D eigenvalue weighted by atomic mass is 10.5. The van der Waals surface area contributed by atoms with E-state index in [1.165, 1.54) is 0 Å². The first kappa shape index (κ1) is 13.2. The average Bonchev–Trinajstić information content (AvgIpc) is 2.58. The van der Waals surface area contributed by atoms with Gasteiger partial charge in [-0.1, -0.05) is 11.8 Å². The Morgan fingerprint density at radius 3 is 2.94 bits per heavy atom. The number of aliphatic carboxylic acids is 1. The molecule has 0 aliphatic carbocycles. The van der Waals surface area contributed by atoms with Gasteiger partial charge in [0, 0.05) is 6.54 Å². The lowest BCUT2D eigenvalue weighted by molar-refractivity contribution is -0.133. The minimum atomic E-state index is -0.873. The largest absolute Gasteiger partial charge is 0.481 e. The minimum Gasteiger partial charge on any atom is -0.481 e. The van der Waals surface area contributed by atoms with E-state index in [4.69, 9.17) is 10.8 Å².